The van der Waals surface area contributed by atoms with Crippen LogP contribution < -0.4 is 0 Å². The molecule has 2 rings (SSSR count). The molecule has 2 saturated heterocycles. The number of aliphatic hydroxyl groups excluding tert-OH is 1. The van der Waals surface area contributed by atoms with Gasteiger partial charge in [-0.05, 0) is 26.7 Å². The highest BCUT2D eigenvalue weighted by Crippen LogP contribution is 2.46. The first-order valence-electron chi connectivity index (χ1n) is 4.36. The summed E-state index contributed by atoms with van der Waals surface area (Å²) in [6.45, 7) is 3.77. The zero-order valence-corrected chi connectivity index (χ0v) is 7.46. The lowest BCUT2D eigenvalue weighted by Gasteiger charge is -2.38. The fraction of sp³-hybridized carbons (Fsp3) is 0.889. The van der Waals surface area contributed by atoms with E-state index >= 15 is 0 Å². The average Bonchev–Trinajstić information content (AvgIpc) is 2.22. The van der Waals surface area contributed by atoms with Crippen LogP contribution in [0.2, 0.25) is 0 Å². The van der Waals surface area contributed by atoms with E-state index in [0.717, 1.165) is 12.8 Å². The number of ketones is 1. The summed E-state index contributed by atoms with van der Waals surface area (Å²) in [5, 5.41) is 9.56. The van der Waals surface area contributed by atoms with E-state index in [1.165, 1.54) is 0 Å². The van der Waals surface area contributed by atoms with Crippen LogP contribution in [0, 0.1) is 0 Å². The van der Waals surface area contributed by atoms with Crippen LogP contribution >= 0.6 is 0 Å². The molecule has 0 spiro atoms. The smallest absolute Gasteiger partial charge is 0.167 e. The van der Waals surface area contributed by atoms with Gasteiger partial charge in [0, 0.05) is 6.42 Å². The van der Waals surface area contributed by atoms with Gasteiger partial charge in [0.1, 0.15) is 6.10 Å². The Labute approximate surface area is 71.7 Å². The molecule has 0 aromatic carbocycles. The molecule has 1 N–H and O–H groups in total. The molecule has 0 aromatic heterocycles. The molecule has 2 aliphatic heterocycles. The molecule has 68 valence electrons. The molecule has 2 aliphatic rings. The van der Waals surface area contributed by atoms with Crippen molar-refractivity contribution in [2.75, 3.05) is 0 Å². The van der Waals surface area contributed by atoms with Gasteiger partial charge < -0.3 is 9.84 Å². The van der Waals surface area contributed by atoms with Crippen molar-refractivity contribution < 1.29 is 14.6 Å². The third-order valence-corrected chi connectivity index (χ3v) is 3.06. The summed E-state index contributed by atoms with van der Waals surface area (Å²) in [5.74, 6) is -0.0660. The zero-order valence-electron chi connectivity index (χ0n) is 7.46. The second-order valence-corrected chi connectivity index (χ2v) is 4.41. The lowest BCUT2D eigenvalue weighted by Crippen LogP contribution is -2.52. The number of aliphatic hydroxyl groups is 1. The molecule has 3 heteroatoms. The number of ether oxygens (including phenoxy) is 1. The third kappa shape index (κ3) is 0.930. The first-order valence-corrected chi connectivity index (χ1v) is 4.36. The Kier molecular flexibility index (Phi) is 1.43. The van der Waals surface area contributed by atoms with E-state index in [1.54, 1.807) is 0 Å². The van der Waals surface area contributed by atoms with Gasteiger partial charge >= 0.3 is 0 Å². The molecule has 3 atom stereocenters. The molecule has 0 radical (unpaired) electrons. The van der Waals surface area contributed by atoms with Crippen LogP contribution in [0.4, 0.5) is 0 Å². The molecule has 0 saturated carbocycles. The van der Waals surface area contributed by atoms with Gasteiger partial charge in [-0.1, -0.05) is 0 Å². The fourth-order valence-electron chi connectivity index (χ4n) is 2.30. The van der Waals surface area contributed by atoms with Gasteiger partial charge in [-0.3, -0.25) is 4.79 Å². The molecule has 2 fully saturated rings. The highest BCUT2D eigenvalue weighted by atomic mass is 16.5. The second kappa shape index (κ2) is 2.09. The van der Waals surface area contributed by atoms with Crippen molar-refractivity contribution in [1.29, 1.82) is 0 Å². The molecular weight excluding hydrogens is 156 g/mol. The molecule has 2 heterocycles. The van der Waals surface area contributed by atoms with Crippen LogP contribution in [0.25, 0.3) is 0 Å². The highest BCUT2D eigenvalue weighted by molar-refractivity contribution is 5.86. The Morgan fingerprint density at radius 3 is 2.83 bits per heavy atom. The van der Waals surface area contributed by atoms with Crippen LogP contribution in [0.15, 0.2) is 0 Å². The maximum absolute atomic E-state index is 11.3. The van der Waals surface area contributed by atoms with Gasteiger partial charge in [0.2, 0.25) is 0 Å². The van der Waals surface area contributed by atoms with Crippen LogP contribution in [0.5, 0.6) is 0 Å². The molecule has 3 unspecified atom stereocenters. The maximum atomic E-state index is 11.3. The van der Waals surface area contributed by atoms with E-state index in [1.807, 2.05) is 13.8 Å². The lowest BCUT2D eigenvalue weighted by atomic mass is 9.91. The van der Waals surface area contributed by atoms with Crippen molar-refractivity contribution in [2.45, 2.75) is 50.4 Å². The van der Waals surface area contributed by atoms with E-state index in [4.69, 9.17) is 4.74 Å². The number of fused-ring (bicyclic) bond motifs is 2. The van der Waals surface area contributed by atoms with Crippen LogP contribution in [0.1, 0.15) is 33.1 Å². The van der Waals surface area contributed by atoms with Crippen molar-refractivity contribution in [3.63, 3.8) is 0 Å². The average molecular weight is 170 g/mol. The van der Waals surface area contributed by atoms with Gasteiger partial charge in [0.25, 0.3) is 0 Å². The summed E-state index contributed by atoms with van der Waals surface area (Å²) < 4.78 is 5.68. The van der Waals surface area contributed by atoms with Gasteiger partial charge in [0.05, 0.1) is 11.2 Å². The van der Waals surface area contributed by atoms with Crippen LogP contribution in [-0.4, -0.2) is 28.2 Å². The first-order chi connectivity index (χ1) is 5.45. The fourth-order valence-corrected chi connectivity index (χ4v) is 2.30. The first kappa shape index (κ1) is 8.20. The molecule has 0 aromatic rings. The Balaban J connectivity index is 2.34. The number of rotatable bonds is 0. The number of carbonyl (C=O) groups excluding carboxylic acids is 1. The highest BCUT2D eigenvalue weighted by Gasteiger charge is 2.55. The van der Waals surface area contributed by atoms with Crippen molar-refractivity contribution in [2.24, 2.45) is 0 Å². The summed E-state index contributed by atoms with van der Waals surface area (Å²) in [6.07, 6.45) is 1.12. The van der Waals surface area contributed by atoms with Crippen molar-refractivity contribution in [3.05, 3.63) is 0 Å². The minimum Gasteiger partial charge on any atom is -0.382 e. The Morgan fingerprint density at radius 2 is 2.17 bits per heavy atom. The van der Waals surface area contributed by atoms with Gasteiger partial charge in [0.15, 0.2) is 5.78 Å². The molecular formula is C9H14O3. The van der Waals surface area contributed by atoms with Gasteiger partial charge in [-0.25, -0.2) is 0 Å². The molecule has 2 bridgehead atoms. The van der Waals surface area contributed by atoms with Crippen molar-refractivity contribution in [1.82, 2.24) is 0 Å². The van der Waals surface area contributed by atoms with Gasteiger partial charge in [-0.2, -0.15) is 0 Å². The van der Waals surface area contributed by atoms with E-state index in [-0.39, 0.29) is 11.4 Å². The number of hydrogen-bond donors (Lipinski definition) is 1. The zero-order chi connectivity index (χ0) is 8.98. The largest absolute Gasteiger partial charge is 0.382 e. The molecule has 0 aliphatic carbocycles. The van der Waals surface area contributed by atoms with E-state index in [9.17, 15) is 9.90 Å². The van der Waals surface area contributed by atoms with E-state index in [2.05, 4.69) is 0 Å². The normalized spacial score (nSPS) is 52.9. The predicted molar refractivity (Wildman–Crippen MR) is 42.8 cm³/mol. The molecule has 12 heavy (non-hydrogen) atoms. The standard InChI is InChI=1S/C9H14O3/c1-8-3-4-9(2,12-8)7(11)6(10)5-8/h7,11H,3-5H2,1-2H3. The van der Waals surface area contributed by atoms with Crippen molar-refractivity contribution in [3.8, 4) is 0 Å². The monoisotopic (exact) mass is 170 g/mol. The minimum absolute atomic E-state index is 0.0660. The van der Waals surface area contributed by atoms with Gasteiger partial charge in [-0.15, -0.1) is 0 Å². The molecule has 3 nitrogen and oxygen atoms in total. The quantitative estimate of drug-likeness (QED) is 0.580. The Hall–Kier alpha value is -0.410. The summed E-state index contributed by atoms with van der Waals surface area (Å²) >= 11 is 0. The summed E-state index contributed by atoms with van der Waals surface area (Å²) in [6, 6.07) is 0. The van der Waals surface area contributed by atoms with E-state index in [0.29, 0.717) is 6.42 Å². The van der Waals surface area contributed by atoms with Crippen molar-refractivity contribution >= 4 is 5.78 Å². The second-order valence-electron chi connectivity index (χ2n) is 4.41. The Bertz CT molecular complexity index is 238. The third-order valence-electron chi connectivity index (χ3n) is 3.06. The Morgan fingerprint density at radius 1 is 1.50 bits per heavy atom. The summed E-state index contributed by atoms with van der Waals surface area (Å²) in [7, 11) is 0. The SMILES string of the molecule is CC12CCC(C)(O1)C(O)C(=O)C2. The van der Waals surface area contributed by atoms with E-state index < -0.39 is 11.7 Å². The topological polar surface area (TPSA) is 46.5 Å². The minimum atomic E-state index is -0.909. The number of carbonyl (C=O) groups is 1. The van der Waals surface area contributed by atoms with Crippen LogP contribution in [0.3, 0.4) is 0 Å². The summed E-state index contributed by atoms with van der Waals surface area (Å²) in [5.41, 5.74) is -0.908. The number of Topliss-reactive ketones (excluding diaryl/α,β-unsaturated/α-hetero) is 1. The number of hydrogen-bond acceptors (Lipinski definition) is 3. The van der Waals surface area contributed by atoms with Crippen LogP contribution in [-0.2, 0) is 9.53 Å². The predicted octanol–water partition coefficient (Wildman–Crippen LogP) is 0.648. The summed E-state index contributed by atoms with van der Waals surface area (Å²) in [4.78, 5) is 11.3. The lowest BCUT2D eigenvalue weighted by molar-refractivity contribution is -0.185. The maximum Gasteiger partial charge on any atom is 0.167 e. The molecule has 0 amide bonds.